The summed E-state index contributed by atoms with van der Waals surface area (Å²) in [7, 11) is 3.27. The standard InChI is InChI=1S/C39H49N3O7/c1-44-18-20-46-28-48-37-35(23-30-10-5-3-6-11-30)41(26-32-16-17-32)39(43)42(27-34-15-9-14-33(22-34)25-40)36(24-31-12-7-4-8-13-31)38(37)49-29-47-21-19-45-2/h3-15,22,32,35-38H,16-21,23-24,26-29H2,1-2H3/t35-,36-,37+,38+/m1/s1. The van der Waals surface area contributed by atoms with Gasteiger partial charge in [0.1, 0.15) is 25.8 Å². The zero-order valence-electron chi connectivity index (χ0n) is 28.7. The Balaban J connectivity index is 1.61. The monoisotopic (exact) mass is 671 g/mol. The lowest BCUT2D eigenvalue weighted by Gasteiger charge is -2.38. The molecule has 2 aliphatic rings. The van der Waals surface area contributed by atoms with Crippen molar-refractivity contribution >= 4 is 6.03 Å². The highest BCUT2D eigenvalue weighted by molar-refractivity contribution is 5.76. The molecule has 10 nitrogen and oxygen atoms in total. The van der Waals surface area contributed by atoms with Gasteiger partial charge in [0, 0.05) is 27.3 Å². The molecule has 4 atom stereocenters. The molecule has 49 heavy (non-hydrogen) atoms. The smallest absolute Gasteiger partial charge is 0.321 e. The Labute approximate surface area is 290 Å². The molecule has 10 heteroatoms. The molecule has 1 heterocycles. The second kappa shape index (κ2) is 19.4. The fourth-order valence-corrected chi connectivity index (χ4v) is 6.39. The molecule has 3 aromatic carbocycles. The molecule has 1 aliphatic carbocycles. The van der Waals surface area contributed by atoms with Crippen molar-refractivity contribution < 1.29 is 33.2 Å². The van der Waals surface area contributed by atoms with E-state index in [0.717, 1.165) is 29.5 Å². The topological polar surface area (TPSA) is 103 Å². The summed E-state index contributed by atoms with van der Waals surface area (Å²) >= 11 is 0. The molecule has 262 valence electrons. The van der Waals surface area contributed by atoms with Crippen LogP contribution in [0, 0.1) is 17.2 Å². The van der Waals surface area contributed by atoms with E-state index >= 15 is 4.79 Å². The lowest BCUT2D eigenvalue weighted by molar-refractivity contribution is -0.192. The lowest BCUT2D eigenvalue weighted by Crippen LogP contribution is -2.53. The first kappa shape index (κ1) is 36.5. The van der Waals surface area contributed by atoms with E-state index in [9.17, 15) is 5.26 Å². The molecule has 1 saturated carbocycles. The van der Waals surface area contributed by atoms with Crippen LogP contribution < -0.4 is 0 Å². The number of carbonyl (C=O) groups is 1. The van der Waals surface area contributed by atoms with E-state index in [2.05, 4.69) is 30.3 Å². The fraction of sp³-hybridized carbons (Fsp3) is 0.487. The Morgan fingerprint density at radius 1 is 0.694 bits per heavy atom. The predicted octanol–water partition coefficient (Wildman–Crippen LogP) is 5.44. The number of amides is 2. The van der Waals surface area contributed by atoms with Crippen molar-refractivity contribution in [2.45, 2.75) is 56.5 Å². The van der Waals surface area contributed by atoms with Gasteiger partial charge in [-0.3, -0.25) is 0 Å². The Bertz CT molecular complexity index is 1450. The number of urea groups is 1. The molecule has 0 bridgehead atoms. The van der Waals surface area contributed by atoms with Gasteiger partial charge in [-0.05, 0) is 60.4 Å². The molecule has 0 N–H and O–H groups in total. The molecule has 0 spiro atoms. The van der Waals surface area contributed by atoms with E-state index in [0.29, 0.717) is 63.8 Å². The third-order valence-electron chi connectivity index (χ3n) is 9.06. The first-order chi connectivity index (χ1) is 24.1. The number of rotatable bonds is 20. The third-order valence-corrected chi connectivity index (χ3v) is 9.06. The van der Waals surface area contributed by atoms with Gasteiger partial charge in [0.15, 0.2) is 0 Å². The Morgan fingerprint density at radius 3 is 1.73 bits per heavy atom. The molecule has 2 amide bonds. The maximum atomic E-state index is 15.2. The van der Waals surface area contributed by atoms with Crippen LogP contribution in [-0.2, 0) is 47.8 Å². The molecule has 0 radical (unpaired) electrons. The molecule has 0 aromatic heterocycles. The van der Waals surface area contributed by atoms with E-state index in [1.165, 1.54) is 0 Å². The minimum absolute atomic E-state index is 0.00363. The highest BCUT2D eigenvalue weighted by atomic mass is 16.7. The number of benzene rings is 3. The van der Waals surface area contributed by atoms with Gasteiger partial charge in [-0.1, -0.05) is 72.8 Å². The van der Waals surface area contributed by atoms with Crippen molar-refractivity contribution in [1.82, 2.24) is 9.80 Å². The number of hydrogen-bond donors (Lipinski definition) is 0. The second-order valence-corrected chi connectivity index (χ2v) is 12.6. The van der Waals surface area contributed by atoms with Crippen molar-refractivity contribution in [3.05, 3.63) is 107 Å². The van der Waals surface area contributed by atoms with Gasteiger partial charge in [-0.2, -0.15) is 5.26 Å². The van der Waals surface area contributed by atoms with Crippen LogP contribution in [-0.4, -0.2) is 101 Å². The normalized spacial score (nSPS) is 21.0. The molecule has 5 rings (SSSR count). The molecular formula is C39H49N3O7. The maximum Gasteiger partial charge on any atom is 0.321 e. The Hall–Kier alpha value is -3.82. The third kappa shape index (κ3) is 10.8. The quantitative estimate of drug-likeness (QED) is 0.116. The summed E-state index contributed by atoms with van der Waals surface area (Å²) in [6, 6.07) is 29.2. The van der Waals surface area contributed by atoms with Gasteiger partial charge in [0.2, 0.25) is 0 Å². The number of nitrogens with zero attached hydrogens (tertiary/aromatic N) is 3. The summed E-state index contributed by atoms with van der Waals surface area (Å²) in [6.45, 7) is 2.53. The van der Waals surface area contributed by atoms with Gasteiger partial charge in [0.05, 0.1) is 50.1 Å². The van der Waals surface area contributed by atoms with Crippen LogP contribution in [0.2, 0.25) is 0 Å². The molecule has 2 fully saturated rings. The lowest BCUT2D eigenvalue weighted by atomic mass is 9.90. The number of carbonyl (C=O) groups excluding carboxylic acids is 1. The number of hydrogen-bond acceptors (Lipinski definition) is 8. The zero-order valence-corrected chi connectivity index (χ0v) is 28.7. The van der Waals surface area contributed by atoms with E-state index < -0.39 is 18.2 Å². The fourth-order valence-electron chi connectivity index (χ4n) is 6.39. The van der Waals surface area contributed by atoms with Crippen LogP contribution in [0.3, 0.4) is 0 Å². The Morgan fingerprint density at radius 2 is 1.22 bits per heavy atom. The van der Waals surface area contributed by atoms with Crippen LogP contribution in [0.5, 0.6) is 0 Å². The van der Waals surface area contributed by atoms with Crippen LogP contribution >= 0.6 is 0 Å². The van der Waals surface area contributed by atoms with Crippen molar-refractivity contribution in [2.75, 3.05) is 60.8 Å². The first-order valence-electron chi connectivity index (χ1n) is 17.1. The van der Waals surface area contributed by atoms with Gasteiger partial charge in [-0.15, -0.1) is 0 Å². The summed E-state index contributed by atoms with van der Waals surface area (Å²) in [4.78, 5) is 19.1. The first-order valence-corrected chi connectivity index (χ1v) is 17.1. The highest BCUT2D eigenvalue weighted by Crippen LogP contribution is 2.36. The van der Waals surface area contributed by atoms with Crippen molar-refractivity contribution in [3.8, 4) is 6.07 Å². The van der Waals surface area contributed by atoms with Crippen LogP contribution in [0.25, 0.3) is 0 Å². The van der Waals surface area contributed by atoms with Gasteiger partial charge in [0.25, 0.3) is 0 Å². The van der Waals surface area contributed by atoms with Gasteiger partial charge in [-0.25, -0.2) is 4.79 Å². The minimum Gasteiger partial charge on any atom is -0.382 e. The summed E-state index contributed by atoms with van der Waals surface area (Å²) in [6.07, 6.45) is 2.09. The van der Waals surface area contributed by atoms with Gasteiger partial charge >= 0.3 is 6.03 Å². The number of ether oxygens (including phenoxy) is 6. The van der Waals surface area contributed by atoms with Crippen LogP contribution in [0.4, 0.5) is 4.79 Å². The highest BCUT2D eigenvalue weighted by Gasteiger charge is 2.50. The van der Waals surface area contributed by atoms with Crippen LogP contribution in [0.15, 0.2) is 84.9 Å². The number of methoxy groups -OCH3 is 2. The number of nitriles is 1. The van der Waals surface area contributed by atoms with Crippen molar-refractivity contribution in [3.63, 3.8) is 0 Å². The summed E-state index contributed by atoms with van der Waals surface area (Å²) in [5.41, 5.74) is 3.58. The molecule has 1 aliphatic heterocycles. The average molecular weight is 672 g/mol. The van der Waals surface area contributed by atoms with E-state index in [1.54, 1.807) is 20.3 Å². The summed E-state index contributed by atoms with van der Waals surface area (Å²) in [5, 5.41) is 9.69. The van der Waals surface area contributed by atoms with E-state index in [1.807, 2.05) is 64.4 Å². The SMILES string of the molecule is COCCOCO[C@@H]1[C@@H](OCOCCOC)[C@@H](Cc2ccccc2)N(CC2CC2)C(=O)N(Cc2cccc(C#N)c2)[C@@H]1Cc1ccccc1. The second-order valence-electron chi connectivity index (χ2n) is 12.6. The van der Waals surface area contributed by atoms with Crippen molar-refractivity contribution in [2.24, 2.45) is 5.92 Å². The van der Waals surface area contributed by atoms with E-state index in [-0.39, 0.29) is 25.7 Å². The molecule has 1 saturated heterocycles. The molecule has 3 aromatic rings. The Kier molecular flexibility index (Phi) is 14.4. The summed E-state index contributed by atoms with van der Waals surface area (Å²) in [5.74, 6) is 0.423. The van der Waals surface area contributed by atoms with E-state index in [4.69, 9.17) is 28.4 Å². The maximum absolute atomic E-state index is 15.2. The predicted molar refractivity (Wildman–Crippen MR) is 185 cm³/mol. The zero-order chi connectivity index (χ0) is 34.3. The molecular weight excluding hydrogens is 622 g/mol. The van der Waals surface area contributed by atoms with Gasteiger partial charge < -0.3 is 38.2 Å². The molecule has 0 unspecified atom stereocenters. The minimum atomic E-state index is -0.602. The van der Waals surface area contributed by atoms with Crippen LogP contribution in [0.1, 0.15) is 35.1 Å². The largest absolute Gasteiger partial charge is 0.382 e. The average Bonchev–Trinajstić information content (AvgIpc) is 3.97. The summed E-state index contributed by atoms with van der Waals surface area (Å²) < 4.78 is 35.6. The van der Waals surface area contributed by atoms with Crippen molar-refractivity contribution in [1.29, 1.82) is 5.26 Å².